The van der Waals surface area contributed by atoms with Crippen molar-refractivity contribution in [1.82, 2.24) is 31.0 Å². The number of aromatic nitrogens is 1. The summed E-state index contributed by atoms with van der Waals surface area (Å²) in [4.78, 5) is 72.2. The van der Waals surface area contributed by atoms with Crippen molar-refractivity contribution in [1.29, 1.82) is 0 Å². The molecule has 13 nitrogen and oxygen atoms in total. The van der Waals surface area contributed by atoms with Crippen molar-refractivity contribution in [2.75, 3.05) is 19.6 Å². The van der Waals surface area contributed by atoms with Gasteiger partial charge in [-0.2, -0.15) is 0 Å². The minimum Gasteiger partial charge on any atom is -0.452 e. The van der Waals surface area contributed by atoms with Crippen molar-refractivity contribution >= 4 is 46.8 Å². The van der Waals surface area contributed by atoms with E-state index in [1.165, 1.54) is 9.91 Å². The van der Waals surface area contributed by atoms with Gasteiger partial charge in [-0.1, -0.05) is 44.2 Å². The first kappa shape index (κ1) is 37.3. The highest BCUT2D eigenvalue weighted by Gasteiger charge is 2.34. The number of hydrazine groups is 1. The Balaban J connectivity index is 1.61. The number of hydrogen-bond donors (Lipinski definition) is 3. The van der Waals surface area contributed by atoms with Crippen molar-refractivity contribution in [3.05, 3.63) is 47.7 Å². The highest BCUT2D eigenvalue weighted by atomic mass is 16.6. The average molecular weight is 679 g/mol. The monoisotopic (exact) mass is 678 g/mol. The maximum absolute atomic E-state index is 13.4. The van der Waals surface area contributed by atoms with Gasteiger partial charge in [-0.3, -0.25) is 29.2 Å². The zero-order chi connectivity index (χ0) is 35.9. The molecule has 2 aromatic rings. The molecule has 0 saturated carbocycles. The van der Waals surface area contributed by atoms with Gasteiger partial charge in [-0.25, -0.2) is 10.2 Å². The van der Waals surface area contributed by atoms with E-state index in [1.54, 1.807) is 41.5 Å². The number of pyridine rings is 1. The molecule has 2 aliphatic rings. The zero-order valence-corrected chi connectivity index (χ0v) is 29.6. The first-order valence-electron chi connectivity index (χ1n) is 17.0. The zero-order valence-electron chi connectivity index (χ0n) is 29.6. The highest BCUT2D eigenvalue weighted by molar-refractivity contribution is 5.91. The summed E-state index contributed by atoms with van der Waals surface area (Å²) >= 11 is 0. The lowest BCUT2D eigenvalue weighted by atomic mass is 10.1. The number of fused-ring (bicyclic) bond motifs is 4. The predicted octanol–water partition coefficient (Wildman–Crippen LogP) is 4.02. The van der Waals surface area contributed by atoms with Gasteiger partial charge >= 0.3 is 12.1 Å². The lowest BCUT2D eigenvalue weighted by Gasteiger charge is -2.35. The molecule has 13 heteroatoms. The molecule has 3 heterocycles. The SMILES string of the molecule is CC1NC(=O)C(C(C)C)OC(=O)CCN(C(=O)OC(C)(C)C)CCC=Cc2ccc3ccc(nc3c2)C(C)NC(=O)C2CCCN(N2)C1=O. The number of rotatable bonds is 1. The molecule has 2 aliphatic heterocycles. The van der Waals surface area contributed by atoms with Crippen molar-refractivity contribution in [2.45, 2.75) is 104 Å². The smallest absolute Gasteiger partial charge is 0.410 e. The molecule has 4 atom stereocenters. The minimum absolute atomic E-state index is 0.0261. The lowest BCUT2D eigenvalue weighted by molar-refractivity contribution is -0.159. The van der Waals surface area contributed by atoms with E-state index in [4.69, 9.17) is 14.5 Å². The van der Waals surface area contributed by atoms with Crippen LogP contribution in [0.15, 0.2) is 36.4 Å². The van der Waals surface area contributed by atoms with Gasteiger partial charge in [0.2, 0.25) is 5.91 Å². The average Bonchev–Trinajstić information content (AvgIpc) is 3.04. The molecule has 4 unspecified atom stereocenters. The molecule has 3 N–H and O–H groups in total. The van der Waals surface area contributed by atoms with Crippen LogP contribution in [0.3, 0.4) is 0 Å². The topological polar surface area (TPSA) is 159 Å². The van der Waals surface area contributed by atoms with Gasteiger partial charge in [0.1, 0.15) is 17.7 Å². The molecule has 0 spiro atoms. The third-order valence-electron chi connectivity index (χ3n) is 8.27. The Kier molecular flexibility index (Phi) is 12.4. The number of nitrogens with one attached hydrogen (secondary N) is 3. The second kappa shape index (κ2) is 16.3. The Morgan fingerprint density at radius 2 is 1.69 bits per heavy atom. The molecular formula is C36H50N6O7. The molecule has 266 valence electrons. The van der Waals surface area contributed by atoms with Crippen LogP contribution in [0.1, 0.15) is 91.4 Å². The van der Waals surface area contributed by atoms with Gasteiger partial charge in [0.05, 0.1) is 23.7 Å². The van der Waals surface area contributed by atoms with Crippen LogP contribution in [-0.4, -0.2) is 88.1 Å². The van der Waals surface area contributed by atoms with E-state index in [0.717, 1.165) is 16.5 Å². The fraction of sp³-hybridized carbons (Fsp3) is 0.556. The number of carbonyl (C=O) groups excluding carboxylic acids is 5. The lowest BCUT2D eigenvalue weighted by Crippen LogP contribution is -2.61. The summed E-state index contributed by atoms with van der Waals surface area (Å²) in [6.45, 7) is 12.9. The van der Waals surface area contributed by atoms with Gasteiger partial charge in [0, 0.05) is 25.0 Å². The van der Waals surface area contributed by atoms with Crippen LogP contribution in [-0.2, 0) is 28.7 Å². The largest absolute Gasteiger partial charge is 0.452 e. The molecular weight excluding hydrogens is 628 g/mol. The molecule has 0 radical (unpaired) electrons. The van der Waals surface area contributed by atoms with Gasteiger partial charge in [0.15, 0.2) is 6.10 Å². The third-order valence-corrected chi connectivity index (χ3v) is 8.27. The van der Waals surface area contributed by atoms with E-state index >= 15 is 0 Å². The number of nitrogens with zero attached hydrogens (tertiary/aromatic N) is 3. The first-order valence-corrected chi connectivity index (χ1v) is 17.0. The maximum Gasteiger partial charge on any atom is 0.410 e. The van der Waals surface area contributed by atoms with Gasteiger partial charge in [-0.15, -0.1) is 0 Å². The number of esters is 1. The van der Waals surface area contributed by atoms with E-state index in [9.17, 15) is 24.0 Å². The van der Waals surface area contributed by atoms with Gasteiger partial charge < -0.3 is 25.0 Å². The Hall–Kier alpha value is -4.52. The van der Waals surface area contributed by atoms with Crippen LogP contribution < -0.4 is 16.1 Å². The summed E-state index contributed by atoms with van der Waals surface area (Å²) in [7, 11) is 0. The van der Waals surface area contributed by atoms with Crippen LogP contribution in [0.25, 0.3) is 17.0 Å². The van der Waals surface area contributed by atoms with Gasteiger partial charge in [0.25, 0.3) is 11.8 Å². The van der Waals surface area contributed by atoms with E-state index in [0.29, 0.717) is 31.5 Å². The fourth-order valence-electron chi connectivity index (χ4n) is 5.60. The second-order valence-corrected chi connectivity index (χ2v) is 14.0. The van der Waals surface area contributed by atoms with Gasteiger partial charge in [-0.05, 0) is 77.5 Å². The molecule has 49 heavy (non-hydrogen) atoms. The predicted molar refractivity (Wildman–Crippen MR) is 185 cm³/mol. The summed E-state index contributed by atoms with van der Waals surface area (Å²) in [5.41, 5.74) is 4.66. The number of ether oxygens (including phenoxy) is 2. The summed E-state index contributed by atoms with van der Waals surface area (Å²) in [6, 6.07) is 7.74. The van der Waals surface area contributed by atoms with E-state index in [2.05, 4.69) is 16.1 Å². The minimum atomic E-state index is -1.16. The molecule has 5 bridgehead atoms. The maximum atomic E-state index is 13.4. The highest BCUT2D eigenvalue weighted by Crippen LogP contribution is 2.20. The number of amides is 4. The molecule has 1 fully saturated rings. The van der Waals surface area contributed by atoms with Crippen LogP contribution in [0.5, 0.6) is 0 Å². The number of cyclic esters (lactones) is 1. The molecule has 1 saturated heterocycles. The quantitative estimate of drug-likeness (QED) is 0.379. The standard InChI is InChI=1S/C36H50N6O7/c1-22(2)31-33(45)38-24(4)34(46)42-19-10-12-28(40-42)32(44)37-23(3)27-16-15-26-14-13-25(21-29(26)39-27)11-8-9-18-41(20-17-30(43)48-31)35(47)49-36(5,6)7/h8,11,13-16,21-24,28,31,40H,9-10,12,17-20H2,1-7H3,(H,37,44)(H,38,45). The fourth-order valence-corrected chi connectivity index (χ4v) is 5.60. The summed E-state index contributed by atoms with van der Waals surface area (Å²) in [5.74, 6) is -2.36. The van der Waals surface area contributed by atoms with Crippen molar-refractivity contribution in [2.24, 2.45) is 5.92 Å². The van der Waals surface area contributed by atoms with E-state index in [-0.39, 0.29) is 25.4 Å². The molecule has 0 aliphatic carbocycles. The Labute approximate surface area is 288 Å². The van der Waals surface area contributed by atoms with Crippen LogP contribution in [0, 0.1) is 5.92 Å². The molecule has 4 rings (SSSR count). The number of benzene rings is 1. The van der Waals surface area contributed by atoms with Crippen molar-refractivity contribution in [3.63, 3.8) is 0 Å². The Bertz CT molecular complexity index is 1570. The number of carbonyl (C=O) groups is 5. The second-order valence-electron chi connectivity index (χ2n) is 14.0. The van der Waals surface area contributed by atoms with Crippen molar-refractivity contribution in [3.8, 4) is 0 Å². The van der Waals surface area contributed by atoms with Crippen LogP contribution in [0.2, 0.25) is 0 Å². The summed E-state index contributed by atoms with van der Waals surface area (Å²) in [5, 5.41) is 7.99. The molecule has 1 aromatic heterocycles. The van der Waals surface area contributed by atoms with Crippen LogP contribution >= 0.6 is 0 Å². The first-order chi connectivity index (χ1) is 23.1. The normalized spacial score (nSPS) is 23.9. The number of hydrogen-bond acceptors (Lipinski definition) is 9. The molecule has 4 amide bonds. The van der Waals surface area contributed by atoms with E-state index < -0.39 is 59.6 Å². The summed E-state index contributed by atoms with van der Waals surface area (Å²) in [6.07, 6.45) is 3.60. The summed E-state index contributed by atoms with van der Waals surface area (Å²) < 4.78 is 11.2. The Morgan fingerprint density at radius 3 is 2.41 bits per heavy atom. The molecule has 1 aromatic carbocycles. The van der Waals surface area contributed by atoms with Crippen molar-refractivity contribution < 1.29 is 33.4 Å². The van der Waals surface area contributed by atoms with E-state index in [1.807, 2.05) is 49.4 Å². The third kappa shape index (κ3) is 10.5. The van der Waals surface area contributed by atoms with Crippen LogP contribution in [0.4, 0.5) is 4.79 Å². The Morgan fingerprint density at radius 1 is 0.980 bits per heavy atom.